The molecule has 1 atom stereocenters. The first-order valence-electron chi connectivity index (χ1n) is 6.07. The van der Waals surface area contributed by atoms with Crippen molar-refractivity contribution in [2.75, 3.05) is 6.61 Å². The molecule has 2 nitrogen and oxygen atoms in total. The van der Waals surface area contributed by atoms with Crippen LogP contribution >= 0.6 is 11.6 Å². The Balaban J connectivity index is 2.53. The SMILES string of the molecule is Cc1cc(OCCC(N)C(C)C)cc(C)c1Cl. The van der Waals surface area contributed by atoms with E-state index >= 15 is 0 Å². The summed E-state index contributed by atoms with van der Waals surface area (Å²) in [7, 11) is 0. The van der Waals surface area contributed by atoms with Gasteiger partial charge in [-0.05, 0) is 49.4 Å². The van der Waals surface area contributed by atoms with E-state index in [-0.39, 0.29) is 6.04 Å². The van der Waals surface area contributed by atoms with Gasteiger partial charge >= 0.3 is 0 Å². The molecule has 2 N–H and O–H groups in total. The molecule has 0 aliphatic rings. The van der Waals surface area contributed by atoms with E-state index in [4.69, 9.17) is 22.1 Å². The minimum absolute atomic E-state index is 0.199. The largest absolute Gasteiger partial charge is 0.494 e. The molecule has 0 bridgehead atoms. The maximum absolute atomic E-state index is 6.10. The Kier molecular flexibility index (Phi) is 5.29. The van der Waals surface area contributed by atoms with E-state index in [9.17, 15) is 0 Å². The Morgan fingerprint density at radius 3 is 2.24 bits per heavy atom. The summed E-state index contributed by atoms with van der Waals surface area (Å²) in [6, 6.07) is 4.14. The Labute approximate surface area is 109 Å². The number of nitrogens with two attached hydrogens (primary N) is 1. The van der Waals surface area contributed by atoms with Crippen molar-refractivity contribution in [3.8, 4) is 5.75 Å². The van der Waals surface area contributed by atoms with Crippen molar-refractivity contribution in [1.29, 1.82) is 0 Å². The van der Waals surface area contributed by atoms with Gasteiger partial charge in [0.25, 0.3) is 0 Å². The van der Waals surface area contributed by atoms with Gasteiger partial charge in [0, 0.05) is 11.1 Å². The highest BCUT2D eigenvalue weighted by molar-refractivity contribution is 6.32. The van der Waals surface area contributed by atoms with Crippen LogP contribution < -0.4 is 10.5 Å². The van der Waals surface area contributed by atoms with Crippen LogP contribution in [0, 0.1) is 19.8 Å². The standard InChI is InChI=1S/C14H22ClNO/c1-9(2)13(16)5-6-17-12-7-10(3)14(15)11(4)8-12/h7-9,13H,5-6,16H2,1-4H3. The predicted octanol–water partition coefficient (Wildman–Crippen LogP) is 3.71. The second-order valence-corrected chi connectivity index (χ2v) is 5.29. The fourth-order valence-electron chi connectivity index (χ4n) is 1.64. The third kappa shape index (κ3) is 4.21. The molecule has 0 aliphatic carbocycles. The number of rotatable bonds is 5. The first-order chi connectivity index (χ1) is 7.91. The summed E-state index contributed by atoms with van der Waals surface area (Å²) < 4.78 is 5.70. The number of ether oxygens (including phenoxy) is 1. The molecular formula is C14H22ClNO. The normalized spacial score (nSPS) is 12.9. The van der Waals surface area contributed by atoms with Crippen LogP contribution in [-0.2, 0) is 0 Å². The molecule has 1 rings (SSSR count). The maximum Gasteiger partial charge on any atom is 0.119 e. The zero-order valence-corrected chi connectivity index (χ0v) is 11.8. The van der Waals surface area contributed by atoms with Crippen LogP contribution in [0.15, 0.2) is 12.1 Å². The van der Waals surface area contributed by atoms with Crippen molar-refractivity contribution in [2.45, 2.75) is 40.2 Å². The molecule has 0 aromatic heterocycles. The molecule has 0 saturated heterocycles. The third-order valence-corrected chi connectivity index (χ3v) is 3.58. The summed E-state index contributed by atoms with van der Waals surface area (Å²) in [4.78, 5) is 0. The molecule has 17 heavy (non-hydrogen) atoms. The Bertz CT molecular complexity index is 353. The zero-order chi connectivity index (χ0) is 13.0. The molecule has 0 radical (unpaired) electrons. The van der Waals surface area contributed by atoms with Gasteiger partial charge in [-0.15, -0.1) is 0 Å². The molecule has 0 saturated carbocycles. The molecule has 0 amide bonds. The molecule has 0 aliphatic heterocycles. The van der Waals surface area contributed by atoms with E-state index in [1.54, 1.807) is 0 Å². The second kappa shape index (κ2) is 6.27. The van der Waals surface area contributed by atoms with Gasteiger partial charge in [-0.1, -0.05) is 25.4 Å². The summed E-state index contributed by atoms with van der Waals surface area (Å²) >= 11 is 6.10. The number of hydrogen-bond donors (Lipinski definition) is 1. The van der Waals surface area contributed by atoms with E-state index in [0.717, 1.165) is 28.3 Å². The summed E-state index contributed by atoms with van der Waals surface area (Å²) in [5, 5.41) is 0.816. The molecule has 0 spiro atoms. The topological polar surface area (TPSA) is 35.2 Å². The van der Waals surface area contributed by atoms with Gasteiger partial charge in [0.1, 0.15) is 5.75 Å². The smallest absolute Gasteiger partial charge is 0.119 e. The highest BCUT2D eigenvalue weighted by Gasteiger charge is 2.08. The lowest BCUT2D eigenvalue weighted by atomic mass is 10.0. The average Bonchev–Trinajstić information content (AvgIpc) is 2.25. The average molecular weight is 256 g/mol. The van der Waals surface area contributed by atoms with Gasteiger partial charge in [0.05, 0.1) is 6.61 Å². The van der Waals surface area contributed by atoms with Gasteiger partial charge in [-0.3, -0.25) is 0 Å². The van der Waals surface area contributed by atoms with Crippen LogP contribution in [-0.4, -0.2) is 12.6 Å². The van der Waals surface area contributed by atoms with Crippen molar-refractivity contribution in [3.63, 3.8) is 0 Å². The van der Waals surface area contributed by atoms with Crippen LogP contribution in [0.3, 0.4) is 0 Å². The predicted molar refractivity (Wildman–Crippen MR) is 73.9 cm³/mol. The van der Waals surface area contributed by atoms with Gasteiger partial charge in [0.2, 0.25) is 0 Å². The molecule has 96 valence electrons. The summed E-state index contributed by atoms with van der Waals surface area (Å²) in [6.07, 6.45) is 0.873. The van der Waals surface area contributed by atoms with Gasteiger partial charge in [0.15, 0.2) is 0 Å². The lowest BCUT2D eigenvalue weighted by molar-refractivity contribution is 0.282. The first-order valence-corrected chi connectivity index (χ1v) is 6.44. The van der Waals surface area contributed by atoms with Crippen LogP contribution in [0.5, 0.6) is 5.75 Å². The molecule has 1 aromatic carbocycles. The summed E-state index contributed by atoms with van der Waals surface area (Å²) in [5.74, 6) is 1.37. The molecule has 1 unspecified atom stereocenters. The quantitative estimate of drug-likeness (QED) is 0.871. The van der Waals surface area contributed by atoms with Crippen LogP contribution in [0.25, 0.3) is 0 Å². The fraction of sp³-hybridized carbons (Fsp3) is 0.571. The highest BCUT2D eigenvalue weighted by Crippen LogP contribution is 2.25. The zero-order valence-electron chi connectivity index (χ0n) is 11.1. The molecular weight excluding hydrogens is 234 g/mol. The van der Waals surface area contributed by atoms with Crippen molar-refractivity contribution in [1.82, 2.24) is 0 Å². The Hall–Kier alpha value is -0.730. The maximum atomic E-state index is 6.10. The summed E-state index contributed by atoms with van der Waals surface area (Å²) in [6.45, 7) is 8.88. The number of hydrogen-bond acceptors (Lipinski definition) is 2. The van der Waals surface area contributed by atoms with Gasteiger partial charge < -0.3 is 10.5 Å². The van der Waals surface area contributed by atoms with Crippen molar-refractivity contribution in [2.24, 2.45) is 11.7 Å². The number of aryl methyl sites for hydroxylation is 2. The van der Waals surface area contributed by atoms with Gasteiger partial charge in [-0.2, -0.15) is 0 Å². The van der Waals surface area contributed by atoms with Gasteiger partial charge in [-0.25, -0.2) is 0 Å². The minimum atomic E-state index is 0.199. The van der Waals surface area contributed by atoms with E-state index < -0.39 is 0 Å². The minimum Gasteiger partial charge on any atom is -0.494 e. The van der Waals surface area contributed by atoms with E-state index in [1.807, 2.05) is 26.0 Å². The Morgan fingerprint density at radius 2 is 1.76 bits per heavy atom. The van der Waals surface area contributed by atoms with Crippen molar-refractivity contribution >= 4 is 11.6 Å². The Morgan fingerprint density at radius 1 is 1.24 bits per heavy atom. The monoisotopic (exact) mass is 255 g/mol. The van der Waals surface area contributed by atoms with Crippen molar-refractivity contribution < 1.29 is 4.74 Å². The van der Waals surface area contributed by atoms with Crippen LogP contribution in [0.1, 0.15) is 31.4 Å². The molecule has 0 heterocycles. The van der Waals surface area contributed by atoms with E-state index in [0.29, 0.717) is 12.5 Å². The molecule has 1 aromatic rings. The molecule has 3 heteroatoms. The van der Waals surface area contributed by atoms with E-state index in [1.165, 1.54) is 0 Å². The number of benzene rings is 1. The van der Waals surface area contributed by atoms with E-state index in [2.05, 4.69) is 13.8 Å². The first kappa shape index (κ1) is 14.3. The van der Waals surface area contributed by atoms with Crippen LogP contribution in [0.2, 0.25) is 5.02 Å². The van der Waals surface area contributed by atoms with Crippen LogP contribution in [0.4, 0.5) is 0 Å². The lowest BCUT2D eigenvalue weighted by Crippen LogP contribution is -2.28. The molecule has 0 fully saturated rings. The second-order valence-electron chi connectivity index (χ2n) is 4.92. The van der Waals surface area contributed by atoms with Crippen molar-refractivity contribution in [3.05, 3.63) is 28.3 Å². The number of halogens is 1. The highest BCUT2D eigenvalue weighted by atomic mass is 35.5. The lowest BCUT2D eigenvalue weighted by Gasteiger charge is -2.16. The third-order valence-electron chi connectivity index (χ3n) is 2.99. The summed E-state index contributed by atoms with van der Waals surface area (Å²) in [5.41, 5.74) is 8.06. The fourth-order valence-corrected chi connectivity index (χ4v) is 1.74.